The molecule has 0 radical (unpaired) electrons. The molecule has 0 aliphatic carbocycles. The number of carboxylic acids is 1. The molecule has 1 unspecified atom stereocenters. The fraction of sp³-hybridized carbons (Fsp3) is 0.450. The summed E-state index contributed by atoms with van der Waals surface area (Å²) < 4.78 is 63.5. The Morgan fingerprint density at radius 3 is 2.52 bits per heavy atom. The highest BCUT2D eigenvalue weighted by Crippen LogP contribution is 2.36. The molecule has 0 saturated carbocycles. The Kier molecular flexibility index (Phi) is 7.32. The number of carbonyl (C=O) groups is 2. The minimum Gasteiger partial charge on any atom is -0.475 e. The summed E-state index contributed by atoms with van der Waals surface area (Å²) in [5, 5.41) is 16.7. The van der Waals surface area contributed by atoms with Crippen LogP contribution in [0.5, 0.6) is 0 Å². The number of halogens is 5. The van der Waals surface area contributed by atoms with Crippen molar-refractivity contribution in [1.82, 2.24) is 20.9 Å². The Labute approximate surface area is 184 Å². The SMILES string of the molecule is O=C(O)C(F)(F)F.O=C1NCC2(CCNCC2)C1NCc1coc(-c2ccc(F)c(F)c2)n1. The summed E-state index contributed by atoms with van der Waals surface area (Å²) in [4.78, 5) is 25.5. The van der Waals surface area contributed by atoms with Crippen LogP contribution in [0, 0.1) is 17.0 Å². The van der Waals surface area contributed by atoms with E-state index in [0.29, 0.717) is 24.3 Å². The van der Waals surface area contributed by atoms with Crippen molar-refractivity contribution in [2.75, 3.05) is 19.6 Å². The van der Waals surface area contributed by atoms with Crippen LogP contribution in [-0.2, 0) is 16.1 Å². The summed E-state index contributed by atoms with van der Waals surface area (Å²) in [7, 11) is 0. The summed E-state index contributed by atoms with van der Waals surface area (Å²) >= 11 is 0. The number of piperidine rings is 1. The molecule has 2 fully saturated rings. The van der Waals surface area contributed by atoms with Crippen LogP contribution < -0.4 is 16.0 Å². The summed E-state index contributed by atoms with van der Waals surface area (Å²) in [6.07, 6.45) is -1.75. The molecule has 8 nitrogen and oxygen atoms in total. The van der Waals surface area contributed by atoms with Crippen molar-refractivity contribution in [2.24, 2.45) is 5.41 Å². The normalized spacial score (nSPS) is 19.7. The minimum atomic E-state index is -5.08. The molecule has 2 aromatic rings. The number of rotatable bonds is 4. The molecule has 1 spiro atoms. The zero-order chi connectivity index (χ0) is 24.2. The largest absolute Gasteiger partial charge is 0.490 e. The van der Waals surface area contributed by atoms with Gasteiger partial charge < -0.3 is 20.2 Å². The quantitative estimate of drug-likeness (QED) is 0.500. The summed E-state index contributed by atoms with van der Waals surface area (Å²) in [5.41, 5.74) is 0.895. The van der Waals surface area contributed by atoms with Gasteiger partial charge >= 0.3 is 12.1 Å². The van der Waals surface area contributed by atoms with Crippen LogP contribution in [0.15, 0.2) is 28.9 Å². The molecule has 1 aromatic heterocycles. The predicted octanol–water partition coefficient (Wildman–Crippen LogP) is 2.21. The van der Waals surface area contributed by atoms with Gasteiger partial charge in [-0.3, -0.25) is 10.1 Å². The maximum atomic E-state index is 13.4. The Balaban J connectivity index is 0.000000383. The molecule has 33 heavy (non-hydrogen) atoms. The van der Waals surface area contributed by atoms with E-state index >= 15 is 0 Å². The van der Waals surface area contributed by atoms with Crippen LogP contribution in [-0.4, -0.2) is 53.8 Å². The van der Waals surface area contributed by atoms with Crippen molar-refractivity contribution in [2.45, 2.75) is 31.6 Å². The number of aromatic nitrogens is 1. The first-order chi connectivity index (χ1) is 15.5. The van der Waals surface area contributed by atoms with Gasteiger partial charge in [0.2, 0.25) is 11.8 Å². The molecule has 0 bridgehead atoms. The van der Waals surface area contributed by atoms with Crippen molar-refractivity contribution in [1.29, 1.82) is 0 Å². The predicted molar refractivity (Wildman–Crippen MR) is 104 cm³/mol. The highest BCUT2D eigenvalue weighted by atomic mass is 19.4. The molecule has 2 aliphatic heterocycles. The highest BCUT2D eigenvalue weighted by molar-refractivity contribution is 5.85. The fourth-order valence-electron chi connectivity index (χ4n) is 3.80. The Morgan fingerprint density at radius 2 is 1.91 bits per heavy atom. The first kappa shape index (κ1) is 24.6. The maximum Gasteiger partial charge on any atom is 0.490 e. The van der Waals surface area contributed by atoms with Gasteiger partial charge in [0, 0.05) is 24.1 Å². The van der Waals surface area contributed by atoms with Gasteiger partial charge in [-0.2, -0.15) is 13.2 Å². The molecule has 2 saturated heterocycles. The van der Waals surface area contributed by atoms with Crippen molar-refractivity contribution < 1.29 is 41.1 Å². The number of hydrogen-bond acceptors (Lipinski definition) is 6. The Morgan fingerprint density at radius 1 is 1.24 bits per heavy atom. The van der Waals surface area contributed by atoms with E-state index in [0.717, 1.165) is 38.1 Å². The number of aliphatic carboxylic acids is 1. The molecule has 1 atom stereocenters. The van der Waals surface area contributed by atoms with Crippen molar-refractivity contribution >= 4 is 11.9 Å². The molecule has 4 rings (SSSR count). The number of amides is 1. The smallest absolute Gasteiger partial charge is 0.475 e. The lowest BCUT2D eigenvalue weighted by Gasteiger charge is -2.37. The number of hydrogen-bond donors (Lipinski definition) is 4. The van der Waals surface area contributed by atoms with Gasteiger partial charge in [0.05, 0.1) is 11.7 Å². The van der Waals surface area contributed by atoms with Crippen LogP contribution in [0.3, 0.4) is 0 Å². The zero-order valence-corrected chi connectivity index (χ0v) is 17.1. The number of nitrogens with one attached hydrogen (secondary N) is 3. The first-order valence-electron chi connectivity index (χ1n) is 9.93. The summed E-state index contributed by atoms with van der Waals surface area (Å²) in [6, 6.07) is 3.23. The average Bonchev–Trinajstić information content (AvgIpc) is 3.34. The van der Waals surface area contributed by atoms with Gasteiger partial charge in [0.25, 0.3) is 0 Å². The third kappa shape index (κ3) is 5.85. The number of carbonyl (C=O) groups excluding carboxylic acids is 1. The van der Waals surface area contributed by atoms with Crippen molar-refractivity contribution in [3.63, 3.8) is 0 Å². The lowest BCUT2D eigenvalue weighted by molar-refractivity contribution is -0.192. The van der Waals surface area contributed by atoms with E-state index in [1.54, 1.807) is 0 Å². The van der Waals surface area contributed by atoms with Crippen LogP contribution in [0.1, 0.15) is 18.5 Å². The topological polar surface area (TPSA) is 116 Å². The van der Waals surface area contributed by atoms with Gasteiger partial charge in [-0.1, -0.05) is 0 Å². The Hall–Kier alpha value is -3.06. The van der Waals surface area contributed by atoms with Crippen LogP contribution in [0.25, 0.3) is 11.5 Å². The molecule has 4 N–H and O–H groups in total. The minimum absolute atomic E-state index is 0.0104. The van der Waals surface area contributed by atoms with Crippen molar-refractivity contribution in [3.8, 4) is 11.5 Å². The number of benzene rings is 1. The van der Waals surface area contributed by atoms with Crippen LogP contribution in [0.2, 0.25) is 0 Å². The number of nitrogens with zero attached hydrogens (tertiary/aromatic N) is 1. The molecule has 180 valence electrons. The van der Waals surface area contributed by atoms with Crippen LogP contribution in [0.4, 0.5) is 22.0 Å². The van der Waals surface area contributed by atoms with Gasteiger partial charge in [-0.05, 0) is 44.1 Å². The second kappa shape index (κ2) is 9.83. The molecule has 1 aromatic carbocycles. The van der Waals surface area contributed by atoms with Gasteiger partial charge in [0.1, 0.15) is 6.26 Å². The van der Waals surface area contributed by atoms with Crippen LogP contribution >= 0.6 is 0 Å². The zero-order valence-electron chi connectivity index (χ0n) is 17.1. The van der Waals surface area contributed by atoms with Gasteiger partial charge in [0.15, 0.2) is 11.6 Å². The van der Waals surface area contributed by atoms with Crippen molar-refractivity contribution in [3.05, 3.63) is 41.8 Å². The average molecular weight is 476 g/mol. The van der Waals surface area contributed by atoms with E-state index in [2.05, 4.69) is 20.9 Å². The lowest BCUT2D eigenvalue weighted by atomic mass is 9.75. The summed E-state index contributed by atoms with van der Waals surface area (Å²) in [5.74, 6) is -4.39. The number of carboxylic acid groups (broad SMARTS) is 1. The van der Waals surface area contributed by atoms with Gasteiger partial charge in [-0.15, -0.1) is 0 Å². The number of oxazole rings is 1. The molecule has 2 aliphatic rings. The Bertz CT molecular complexity index is 1000. The maximum absolute atomic E-state index is 13.4. The van der Waals surface area contributed by atoms with E-state index in [1.807, 2.05) is 0 Å². The fourth-order valence-corrected chi connectivity index (χ4v) is 3.80. The van der Waals surface area contributed by atoms with Gasteiger partial charge in [-0.25, -0.2) is 18.6 Å². The third-order valence-electron chi connectivity index (χ3n) is 5.54. The molecular weight excluding hydrogens is 455 g/mol. The molecular formula is C20H21F5N4O4. The second-order valence-electron chi connectivity index (χ2n) is 7.72. The first-order valence-corrected chi connectivity index (χ1v) is 9.93. The van der Waals surface area contributed by atoms with E-state index in [4.69, 9.17) is 14.3 Å². The van der Waals surface area contributed by atoms with E-state index < -0.39 is 23.8 Å². The molecule has 13 heteroatoms. The van der Waals surface area contributed by atoms with E-state index in [-0.39, 0.29) is 23.3 Å². The molecule has 1 amide bonds. The summed E-state index contributed by atoms with van der Waals surface area (Å²) in [6.45, 7) is 2.85. The highest BCUT2D eigenvalue weighted by Gasteiger charge is 2.48. The molecule has 3 heterocycles. The van der Waals surface area contributed by atoms with E-state index in [1.165, 1.54) is 12.3 Å². The third-order valence-corrected chi connectivity index (χ3v) is 5.54. The lowest BCUT2D eigenvalue weighted by Crippen LogP contribution is -2.51. The monoisotopic (exact) mass is 476 g/mol. The standard InChI is InChI=1S/C18H20F2N4O2.C2HF3O2/c19-13-2-1-11(7-14(13)20)17-24-12(9-26-17)8-22-15-16(25)23-10-18(15)3-5-21-6-4-18;3-2(4,5)1(6)7/h1-2,7,9,15,21-22H,3-6,8,10H2,(H,23,25);(H,6,7). The van der Waals surface area contributed by atoms with E-state index in [9.17, 15) is 26.7 Å². The number of alkyl halides is 3. The second-order valence-corrected chi connectivity index (χ2v) is 7.72.